The van der Waals surface area contributed by atoms with Gasteiger partial charge in [0, 0.05) is 6.20 Å². The summed E-state index contributed by atoms with van der Waals surface area (Å²) >= 11 is 8.89. The van der Waals surface area contributed by atoms with Crippen LogP contribution in [0.2, 0.25) is 5.28 Å². The Morgan fingerprint density at radius 2 is 2.27 bits per heavy atom. The SMILES string of the molecule is Clc1nnc2cnc(Br)cn12. The van der Waals surface area contributed by atoms with Crippen LogP contribution >= 0.6 is 27.5 Å². The Labute approximate surface area is 75.3 Å². The molecule has 0 N–H and O–H groups in total. The molecule has 0 saturated carbocycles. The molecule has 0 aliphatic heterocycles. The van der Waals surface area contributed by atoms with Gasteiger partial charge in [0.05, 0.1) is 6.20 Å². The molecule has 0 aliphatic carbocycles. The molecule has 0 saturated heterocycles. The minimum atomic E-state index is 0.336. The second-order valence-electron chi connectivity index (χ2n) is 1.91. The smallest absolute Gasteiger partial charge is 0.229 e. The highest BCUT2D eigenvalue weighted by Crippen LogP contribution is 2.11. The third kappa shape index (κ3) is 1.10. The minimum Gasteiger partial charge on any atom is -0.269 e. The average Bonchev–Trinajstić information content (AvgIpc) is 2.33. The van der Waals surface area contributed by atoms with Crippen molar-refractivity contribution in [1.29, 1.82) is 0 Å². The van der Waals surface area contributed by atoms with Gasteiger partial charge in [0.1, 0.15) is 4.60 Å². The van der Waals surface area contributed by atoms with Gasteiger partial charge in [-0.1, -0.05) is 0 Å². The van der Waals surface area contributed by atoms with Gasteiger partial charge in [-0.3, -0.25) is 4.40 Å². The van der Waals surface area contributed by atoms with Gasteiger partial charge >= 0.3 is 0 Å². The maximum absolute atomic E-state index is 5.69. The Hall–Kier alpha value is -0.680. The molecule has 0 spiro atoms. The molecule has 4 nitrogen and oxygen atoms in total. The largest absolute Gasteiger partial charge is 0.269 e. The van der Waals surface area contributed by atoms with E-state index >= 15 is 0 Å². The molecule has 2 aromatic heterocycles. The molecule has 0 bridgehead atoms. The zero-order valence-electron chi connectivity index (χ0n) is 5.20. The highest BCUT2D eigenvalue weighted by molar-refractivity contribution is 9.10. The third-order valence-electron chi connectivity index (χ3n) is 1.22. The zero-order chi connectivity index (χ0) is 7.84. The molecule has 2 rings (SSSR count). The summed E-state index contributed by atoms with van der Waals surface area (Å²) in [6.45, 7) is 0. The number of hydrogen-bond acceptors (Lipinski definition) is 3. The number of nitrogens with zero attached hydrogens (tertiary/aromatic N) is 4. The molecule has 0 aliphatic rings. The van der Waals surface area contributed by atoms with Gasteiger partial charge < -0.3 is 0 Å². The lowest BCUT2D eigenvalue weighted by Crippen LogP contribution is -1.86. The van der Waals surface area contributed by atoms with Gasteiger partial charge in [-0.15, -0.1) is 10.2 Å². The van der Waals surface area contributed by atoms with Crippen molar-refractivity contribution in [3.8, 4) is 0 Å². The van der Waals surface area contributed by atoms with Gasteiger partial charge in [-0.25, -0.2) is 4.98 Å². The summed E-state index contributed by atoms with van der Waals surface area (Å²) in [6.07, 6.45) is 3.29. The normalized spacial score (nSPS) is 10.7. The second kappa shape index (κ2) is 2.42. The molecular weight excluding hydrogens is 231 g/mol. The molecule has 0 aromatic carbocycles. The molecule has 0 radical (unpaired) electrons. The minimum absolute atomic E-state index is 0.336. The van der Waals surface area contributed by atoms with Crippen molar-refractivity contribution in [3.05, 3.63) is 22.3 Å². The summed E-state index contributed by atoms with van der Waals surface area (Å²) in [5.74, 6) is 0. The third-order valence-corrected chi connectivity index (χ3v) is 1.89. The van der Waals surface area contributed by atoms with Crippen LogP contribution in [-0.4, -0.2) is 19.6 Å². The first-order chi connectivity index (χ1) is 5.27. The number of rotatable bonds is 0. The van der Waals surface area contributed by atoms with Gasteiger partial charge in [0.25, 0.3) is 0 Å². The van der Waals surface area contributed by atoms with Gasteiger partial charge in [-0.05, 0) is 27.5 Å². The van der Waals surface area contributed by atoms with Crippen LogP contribution in [0.4, 0.5) is 0 Å². The fraction of sp³-hybridized carbons (Fsp3) is 0. The van der Waals surface area contributed by atoms with Crippen LogP contribution in [0, 0.1) is 0 Å². The fourth-order valence-electron chi connectivity index (χ4n) is 0.750. The maximum atomic E-state index is 5.69. The Kier molecular flexibility index (Phi) is 1.54. The highest BCUT2D eigenvalue weighted by Gasteiger charge is 2.01. The topological polar surface area (TPSA) is 43.1 Å². The van der Waals surface area contributed by atoms with Crippen molar-refractivity contribution in [3.63, 3.8) is 0 Å². The summed E-state index contributed by atoms with van der Waals surface area (Å²) in [7, 11) is 0. The predicted molar refractivity (Wildman–Crippen MR) is 43.5 cm³/mol. The van der Waals surface area contributed by atoms with Crippen molar-refractivity contribution >= 4 is 33.2 Å². The van der Waals surface area contributed by atoms with Crippen LogP contribution in [-0.2, 0) is 0 Å². The van der Waals surface area contributed by atoms with E-state index < -0.39 is 0 Å². The Balaban J connectivity index is 2.87. The van der Waals surface area contributed by atoms with Crippen molar-refractivity contribution < 1.29 is 0 Å². The summed E-state index contributed by atoms with van der Waals surface area (Å²) in [4.78, 5) is 3.96. The molecule has 0 atom stereocenters. The molecule has 0 amide bonds. The molecule has 2 aromatic rings. The number of halogens is 2. The summed E-state index contributed by atoms with van der Waals surface area (Å²) in [5, 5.41) is 7.75. The van der Waals surface area contributed by atoms with E-state index in [4.69, 9.17) is 11.6 Å². The molecule has 56 valence electrons. The molecule has 6 heteroatoms. The van der Waals surface area contributed by atoms with Crippen molar-refractivity contribution in [2.75, 3.05) is 0 Å². The van der Waals surface area contributed by atoms with Crippen molar-refractivity contribution in [1.82, 2.24) is 19.6 Å². The van der Waals surface area contributed by atoms with Crippen LogP contribution in [0.15, 0.2) is 17.0 Å². The van der Waals surface area contributed by atoms with E-state index in [-0.39, 0.29) is 0 Å². The zero-order valence-corrected chi connectivity index (χ0v) is 7.54. The quantitative estimate of drug-likeness (QED) is 0.693. The van der Waals surface area contributed by atoms with Crippen LogP contribution in [0.3, 0.4) is 0 Å². The Morgan fingerprint density at radius 3 is 3.09 bits per heavy atom. The summed E-state index contributed by atoms with van der Waals surface area (Å²) in [6, 6.07) is 0. The molecule has 0 unspecified atom stereocenters. The van der Waals surface area contributed by atoms with E-state index in [0.717, 1.165) is 0 Å². The van der Waals surface area contributed by atoms with Gasteiger partial charge in [-0.2, -0.15) is 0 Å². The summed E-state index contributed by atoms with van der Waals surface area (Å²) in [5.41, 5.74) is 0.637. The molecule has 2 heterocycles. The van der Waals surface area contributed by atoms with E-state index in [1.54, 1.807) is 16.8 Å². The van der Waals surface area contributed by atoms with Crippen LogP contribution < -0.4 is 0 Å². The number of hydrogen-bond donors (Lipinski definition) is 0. The second-order valence-corrected chi connectivity index (χ2v) is 3.06. The number of aromatic nitrogens is 4. The Bertz CT molecular complexity index is 398. The van der Waals surface area contributed by atoms with E-state index in [1.807, 2.05) is 0 Å². The van der Waals surface area contributed by atoms with E-state index in [2.05, 4.69) is 31.1 Å². The standard InChI is InChI=1S/C5H2BrClN4/c6-3-2-11-4(1-8-3)9-10-5(11)7/h1-2H. The van der Waals surface area contributed by atoms with Crippen LogP contribution in [0.25, 0.3) is 5.65 Å². The fourth-order valence-corrected chi connectivity index (χ4v) is 1.23. The van der Waals surface area contributed by atoms with Crippen molar-refractivity contribution in [2.45, 2.75) is 0 Å². The highest BCUT2D eigenvalue weighted by atomic mass is 79.9. The van der Waals surface area contributed by atoms with Gasteiger partial charge in [0.2, 0.25) is 5.28 Å². The Morgan fingerprint density at radius 1 is 1.45 bits per heavy atom. The van der Waals surface area contributed by atoms with Crippen LogP contribution in [0.1, 0.15) is 0 Å². The monoisotopic (exact) mass is 232 g/mol. The van der Waals surface area contributed by atoms with Gasteiger partial charge in [0.15, 0.2) is 5.65 Å². The average molecular weight is 233 g/mol. The van der Waals surface area contributed by atoms with E-state index in [0.29, 0.717) is 15.5 Å². The lowest BCUT2D eigenvalue weighted by Gasteiger charge is -1.91. The van der Waals surface area contributed by atoms with E-state index in [9.17, 15) is 0 Å². The predicted octanol–water partition coefficient (Wildman–Crippen LogP) is 1.54. The molecule has 11 heavy (non-hydrogen) atoms. The molecular formula is C5H2BrClN4. The first kappa shape index (κ1) is 7.00. The first-order valence-corrected chi connectivity index (χ1v) is 3.96. The maximum Gasteiger partial charge on any atom is 0.229 e. The molecule has 0 fully saturated rings. The number of fused-ring (bicyclic) bond motifs is 1. The lowest BCUT2D eigenvalue weighted by atomic mass is 10.7. The summed E-state index contributed by atoms with van der Waals surface area (Å²) < 4.78 is 2.34. The van der Waals surface area contributed by atoms with Crippen molar-refractivity contribution in [2.24, 2.45) is 0 Å². The first-order valence-electron chi connectivity index (χ1n) is 2.79. The van der Waals surface area contributed by atoms with E-state index in [1.165, 1.54) is 0 Å². The lowest BCUT2D eigenvalue weighted by molar-refractivity contribution is 1.09. The van der Waals surface area contributed by atoms with Crippen LogP contribution in [0.5, 0.6) is 0 Å².